The van der Waals surface area contributed by atoms with Crippen molar-refractivity contribution in [1.82, 2.24) is 25.3 Å². The van der Waals surface area contributed by atoms with Gasteiger partial charge >= 0.3 is 0 Å². The second-order valence-corrected chi connectivity index (χ2v) is 8.09. The van der Waals surface area contributed by atoms with E-state index in [-0.39, 0.29) is 18.0 Å². The largest absolute Gasteiger partial charge is 0.352 e. The van der Waals surface area contributed by atoms with Crippen molar-refractivity contribution in [3.05, 3.63) is 23.4 Å². The van der Waals surface area contributed by atoms with E-state index < -0.39 is 0 Å². The van der Waals surface area contributed by atoms with E-state index in [1.807, 2.05) is 24.4 Å². The average molecular weight is 375 g/mol. The van der Waals surface area contributed by atoms with Crippen LogP contribution in [-0.2, 0) is 4.79 Å². The number of carbonyl (C=O) groups excluding carboxylic acids is 1. The number of nitrogens with one attached hydrogen (secondary N) is 1. The third-order valence-corrected chi connectivity index (χ3v) is 6.15. The summed E-state index contributed by atoms with van der Waals surface area (Å²) in [6.07, 6.45) is 2.25. The number of thiophene rings is 1. The molecule has 0 bridgehead atoms. The number of hydrogen-bond acceptors (Lipinski definition) is 7. The Morgan fingerprint density at radius 2 is 2.00 bits per heavy atom. The zero-order valence-corrected chi connectivity index (χ0v) is 16.0. The number of piperazine rings is 1. The first-order chi connectivity index (χ1) is 12.6. The maximum Gasteiger partial charge on any atom is 0.244 e. The van der Waals surface area contributed by atoms with Gasteiger partial charge in [0.15, 0.2) is 0 Å². The van der Waals surface area contributed by atoms with Crippen LogP contribution in [0.1, 0.15) is 38.6 Å². The number of carbonyl (C=O) groups is 1. The van der Waals surface area contributed by atoms with Gasteiger partial charge in [-0.05, 0) is 38.1 Å². The molecule has 2 unspecified atom stereocenters. The van der Waals surface area contributed by atoms with Gasteiger partial charge < -0.3 is 9.84 Å². The van der Waals surface area contributed by atoms with E-state index in [4.69, 9.17) is 4.52 Å². The first-order valence-electron chi connectivity index (χ1n) is 9.28. The summed E-state index contributed by atoms with van der Waals surface area (Å²) < 4.78 is 5.49. The first kappa shape index (κ1) is 17.6. The lowest BCUT2D eigenvalue weighted by atomic mass is 10.2. The van der Waals surface area contributed by atoms with Gasteiger partial charge in [0.25, 0.3) is 0 Å². The standard InChI is InChI=1S/C18H25N5O2S/c1-12(17(24)19-14-5-6-14)22-7-9-23(10-8-22)13(2)18-20-16(21-25-18)15-4-3-11-26-15/h3-4,11-14H,5-10H2,1-2H3,(H,19,24). The minimum Gasteiger partial charge on any atom is -0.352 e. The SMILES string of the molecule is CC(C(=O)NC1CC1)N1CCN(C(C)c2nc(-c3cccs3)no2)CC1. The van der Waals surface area contributed by atoms with Crippen LogP contribution in [0.25, 0.3) is 10.7 Å². The molecule has 1 aliphatic heterocycles. The molecule has 1 amide bonds. The van der Waals surface area contributed by atoms with Crippen molar-refractivity contribution >= 4 is 17.2 Å². The molecular formula is C18H25N5O2S. The minimum atomic E-state index is -0.0677. The van der Waals surface area contributed by atoms with Crippen LogP contribution in [0.15, 0.2) is 22.0 Å². The summed E-state index contributed by atoms with van der Waals surface area (Å²) in [5.74, 6) is 1.47. The highest BCUT2D eigenvalue weighted by Crippen LogP contribution is 2.26. The van der Waals surface area contributed by atoms with E-state index in [0.29, 0.717) is 17.8 Å². The van der Waals surface area contributed by atoms with E-state index in [9.17, 15) is 4.79 Å². The number of amides is 1. The van der Waals surface area contributed by atoms with Gasteiger partial charge in [0.1, 0.15) is 0 Å². The molecule has 2 fully saturated rings. The Bertz CT molecular complexity index is 735. The first-order valence-corrected chi connectivity index (χ1v) is 10.2. The lowest BCUT2D eigenvalue weighted by Crippen LogP contribution is -2.54. The van der Waals surface area contributed by atoms with Gasteiger partial charge in [-0.15, -0.1) is 11.3 Å². The Kier molecular flexibility index (Phi) is 5.06. The van der Waals surface area contributed by atoms with Gasteiger partial charge in [-0.2, -0.15) is 4.98 Å². The van der Waals surface area contributed by atoms with Crippen LogP contribution >= 0.6 is 11.3 Å². The molecule has 8 heteroatoms. The fraction of sp³-hybridized carbons (Fsp3) is 0.611. The zero-order valence-electron chi connectivity index (χ0n) is 15.2. The Hall–Kier alpha value is -1.77. The van der Waals surface area contributed by atoms with Crippen LogP contribution in [0.4, 0.5) is 0 Å². The molecule has 0 spiro atoms. The van der Waals surface area contributed by atoms with Gasteiger partial charge in [0, 0.05) is 32.2 Å². The average Bonchev–Trinajstić information content (AvgIpc) is 3.14. The Morgan fingerprint density at radius 3 is 2.65 bits per heavy atom. The summed E-state index contributed by atoms with van der Waals surface area (Å²) >= 11 is 1.61. The van der Waals surface area contributed by atoms with E-state index in [1.165, 1.54) is 0 Å². The minimum absolute atomic E-state index is 0.0677. The molecule has 0 radical (unpaired) electrons. The highest BCUT2D eigenvalue weighted by atomic mass is 32.1. The normalized spacial score (nSPS) is 21.5. The van der Waals surface area contributed by atoms with Crippen LogP contribution in [0.5, 0.6) is 0 Å². The van der Waals surface area contributed by atoms with Crippen molar-refractivity contribution in [2.24, 2.45) is 0 Å². The molecule has 140 valence electrons. The Balaban J connectivity index is 1.32. The van der Waals surface area contributed by atoms with E-state index in [0.717, 1.165) is 43.9 Å². The maximum atomic E-state index is 12.2. The molecule has 2 atom stereocenters. The second kappa shape index (κ2) is 7.46. The van der Waals surface area contributed by atoms with Crippen LogP contribution in [-0.4, -0.2) is 64.1 Å². The third kappa shape index (κ3) is 3.82. The van der Waals surface area contributed by atoms with E-state index in [2.05, 4.69) is 32.2 Å². The van der Waals surface area contributed by atoms with Crippen LogP contribution in [0, 0.1) is 0 Å². The predicted octanol–water partition coefficient (Wildman–Crippen LogP) is 2.14. The molecule has 2 aliphatic rings. The molecule has 2 aromatic rings. The molecule has 7 nitrogen and oxygen atoms in total. The number of rotatable bonds is 6. The van der Waals surface area contributed by atoms with Gasteiger partial charge in [0.2, 0.25) is 17.6 Å². The van der Waals surface area contributed by atoms with Crippen molar-refractivity contribution in [3.8, 4) is 10.7 Å². The number of hydrogen-bond donors (Lipinski definition) is 1. The maximum absolute atomic E-state index is 12.2. The summed E-state index contributed by atoms with van der Waals surface area (Å²) in [6, 6.07) is 4.41. The topological polar surface area (TPSA) is 74.5 Å². The molecule has 1 N–H and O–H groups in total. The Labute approximate surface area is 157 Å². The fourth-order valence-corrected chi connectivity index (χ4v) is 3.94. The summed E-state index contributed by atoms with van der Waals surface area (Å²) in [7, 11) is 0. The van der Waals surface area contributed by atoms with Gasteiger partial charge in [-0.25, -0.2) is 0 Å². The van der Waals surface area contributed by atoms with Crippen molar-refractivity contribution in [2.45, 2.75) is 44.8 Å². The quantitative estimate of drug-likeness (QED) is 0.834. The summed E-state index contributed by atoms with van der Waals surface area (Å²) in [5.41, 5.74) is 0. The highest BCUT2D eigenvalue weighted by Gasteiger charge is 2.32. The van der Waals surface area contributed by atoms with Crippen LogP contribution < -0.4 is 5.32 Å². The monoisotopic (exact) mass is 375 g/mol. The van der Waals surface area contributed by atoms with Gasteiger partial charge in [0.05, 0.1) is 17.0 Å². The van der Waals surface area contributed by atoms with Crippen molar-refractivity contribution in [2.75, 3.05) is 26.2 Å². The predicted molar refractivity (Wildman–Crippen MR) is 99.8 cm³/mol. The molecule has 1 aliphatic carbocycles. The third-order valence-electron chi connectivity index (χ3n) is 5.29. The number of aromatic nitrogens is 2. The summed E-state index contributed by atoms with van der Waals surface area (Å²) in [5, 5.41) is 9.22. The lowest BCUT2D eigenvalue weighted by molar-refractivity contribution is -0.126. The molecule has 4 rings (SSSR count). The second-order valence-electron chi connectivity index (χ2n) is 7.14. The molecular weight excluding hydrogens is 350 g/mol. The molecule has 2 aromatic heterocycles. The molecule has 0 aromatic carbocycles. The van der Waals surface area contributed by atoms with Crippen molar-refractivity contribution in [1.29, 1.82) is 0 Å². The fourth-order valence-electron chi connectivity index (χ4n) is 3.29. The molecule has 1 saturated heterocycles. The van der Waals surface area contributed by atoms with Gasteiger partial charge in [-0.1, -0.05) is 11.2 Å². The summed E-state index contributed by atoms with van der Waals surface area (Å²) in [6.45, 7) is 7.62. The van der Waals surface area contributed by atoms with Crippen LogP contribution in [0.2, 0.25) is 0 Å². The van der Waals surface area contributed by atoms with E-state index >= 15 is 0 Å². The molecule has 26 heavy (non-hydrogen) atoms. The van der Waals surface area contributed by atoms with Crippen LogP contribution in [0.3, 0.4) is 0 Å². The zero-order chi connectivity index (χ0) is 18.1. The molecule has 1 saturated carbocycles. The number of nitrogens with zero attached hydrogens (tertiary/aromatic N) is 4. The van der Waals surface area contributed by atoms with Gasteiger partial charge in [-0.3, -0.25) is 14.6 Å². The lowest BCUT2D eigenvalue weighted by Gasteiger charge is -2.39. The molecule has 3 heterocycles. The van der Waals surface area contributed by atoms with Crippen molar-refractivity contribution < 1.29 is 9.32 Å². The Morgan fingerprint density at radius 1 is 1.27 bits per heavy atom. The highest BCUT2D eigenvalue weighted by molar-refractivity contribution is 7.13. The summed E-state index contributed by atoms with van der Waals surface area (Å²) in [4.78, 5) is 22.4. The van der Waals surface area contributed by atoms with Crippen molar-refractivity contribution in [3.63, 3.8) is 0 Å². The van der Waals surface area contributed by atoms with E-state index in [1.54, 1.807) is 11.3 Å². The smallest absolute Gasteiger partial charge is 0.244 e.